The largest absolute Gasteiger partial charge is 0.330 e. The van der Waals surface area contributed by atoms with Gasteiger partial charge in [0.25, 0.3) is 0 Å². The summed E-state index contributed by atoms with van der Waals surface area (Å²) in [5, 5.41) is 0. The molecule has 0 heterocycles. The van der Waals surface area contributed by atoms with Crippen LogP contribution in [-0.2, 0) is 12.8 Å². The van der Waals surface area contributed by atoms with Gasteiger partial charge in [-0.05, 0) is 43.0 Å². The lowest BCUT2D eigenvalue weighted by atomic mass is 10.0. The predicted octanol–water partition coefficient (Wildman–Crippen LogP) is 2.42. The minimum Gasteiger partial charge on any atom is -0.330 e. The first-order chi connectivity index (χ1) is 6.69. The summed E-state index contributed by atoms with van der Waals surface area (Å²) in [5.74, 6) is -0.922. The second-order valence-electron chi connectivity index (χ2n) is 3.28. The molecule has 0 saturated carbocycles. The Kier molecular flexibility index (Phi) is 4.01. The van der Waals surface area contributed by atoms with E-state index in [1.807, 2.05) is 6.92 Å². The topological polar surface area (TPSA) is 26.0 Å². The average Bonchev–Trinajstić information content (AvgIpc) is 2.17. The predicted molar refractivity (Wildman–Crippen MR) is 53.1 cm³/mol. The van der Waals surface area contributed by atoms with E-state index in [2.05, 4.69) is 0 Å². The maximum absolute atomic E-state index is 13.2. The van der Waals surface area contributed by atoms with Gasteiger partial charge in [0, 0.05) is 6.07 Å². The van der Waals surface area contributed by atoms with Crippen LogP contribution in [0.3, 0.4) is 0 Å². The first kappa shape index (κ1) is 11.1. The number of aryl methyl sites for hydroxylation is 2. The molecule has 0 aliphatic carbocycles. The van der Waals surface area contributed by atoms with Gasteiger partial charge in [-0.2, -0.15) is 0 Å². The van der Waals surface area contributed by atoms with Crippen LogP contribution in [0.4, 0.5) is 8.78 Å². The van der Waals surface area contributed by atoms with Gasteiger partial charge in [-0.25, -0.2) is 8.78 Å². The van der Waals surface area contributed by atoms with Gasteiger partial charge in [-0.15, -0.1) is 0 Å². The Labute approximate surface area is 82.9 Å². The van der Waals surface area contributed by atoms with E-state index in [-0.39, 0.29) is 0 Å². The van der Waals surface area contributed by atoms with Gasteiger partial charge in [0.05, 0.1) is 0 Å². The first-order valence-electron chi connectivity index (χ1n) is 4.86. The van der Waals surface area contributed by atoms with Gasteiger partial charge < -0.3 is 5.73 Å². The van der Waals surface area contributed by atoms with Gasteiger partial charge in [0.15, 0.2) is 0 Å². The van der Waals surface area contributed by atoms with Crippen molar-refractivity contribution < 1.29 is 8.78 Å². The molecule has 2 N–H and O–H groups in total. The van der Waals surface area contributed by atoms with Gasteiger partial charge in [-0.3, -0.25) is 0 Å². The molecule has 0 aromatic heterocycles. The molecule has 0 bridgehead atoms. The molecule has 0 fully saturated rings. The zero-order chi connectivity index (χ0) is 10.6. The summed E-state index contributed by atoms with van der Waals surface area (Å²) in [6.07, 6.45) is 1.89. The molecular weight excluding hydrogens is 184 g/mol. The van der Waals surface area contributed by atoms with E-state index in [1.54, 1.807) is 6.07 Å². The number of hydrogen-bond donors (Lipinski definition) is 1. The first-order valence-corrected chi connectivity index (χ1v) is 4.86. The summed E-state index contributed by atoms with van der Waals surface area (Å²) in [5.41, 5.74) is 6.46. The molecule has 1 aromatic rings. The molecule has 14 heavy (non-hydrogen) atoms. The third kappa shape index (κ3) is 2.51. The second kappa shape index (κ2) is 5.05. The fourth-order valence-corrected chi connectivity index (χ4v) is 1.40. The molecule has 0 atom stereocenters. The lowest BCUT2D eigenvalue weighted by Gasteiger charge is -2.06. The quantitative estimate of drug-likeness (QED) is 0.791. The molecule has 78 valence electrons. The zero-order valence-corrected chi connectivity index (χ0v) is 8.32. The van der Waals surface area contributed by atoms with E-state index >= 15 is 0 Å². The van der Waals surface area contributed by atoms with Gasteiger partial charge in [0.1, 0.15) is 11.6 Å². The van der Waals surface area contributed by atoms with Crippen molar-refractivity contribution in [2.75, 3.05) is 6.54 Å². The number of rotatable bonds is 4. The number of halogens is 2. The highest BCUT2D eigenvalue weighted by Crippen LogP contribution is 2.16. The monoisotopic (exact) mass is 199 g/mol. The average molecular weight is 199 g/mol. The molecule has 1 aromatic carbocycles. The van der Waals surface area contributed by atoms with Gasteiger partial charge in [-0.1, -0.05) is 6.92 Å². The summed E-state index contributed by atoms with van der Waals surface area (Å²) in [6.45, 7) is 2.38. The number of benzene rings is 1. The molecule has 0 unspecified atom stereocenters. The van der Waals surface area contributed by atoms with Crippen molar-refractivity contribution in [1.29, 1.82) is 0 Å². The van der Waals surface area contributed by atoms with Crippen LogP contribution in [0.15, 0.2) is 12.1 Å². The summed E-state index contributed by atoms with van der Waals surface area (Å²) >= 11 is 0. The lowest BCUT2D eigenvalue weighted by Crippen LogP contribution is -2.03. The summed E-state index contributed by atoms with van der Waals surface area (Å²) in [6, 6.07) is 2.56. The standard InChI is InChI=1S/C11H15F2N/c1-2-8-6-9(4-3-5-14)11(13)7-10(8)12/h6-7H,2-5,14H2,1H3. The van der Waals surface area contributed by atoms with Crippen molar-refractivity contribution in [2.45, 2.75) is 26.2 Å². The van der Waals surface area contributed by atoms with E-state index in [9.17, 15) is 8.78 Å². The van der Waals surface area contributed by atoms with E-state index in [1.165, 1.54) is 0 Å². The van der Waals surface area contributed by atoms with E-state index < -0.39 is 11.6 Å². The Bertz CT molecular complexity index is 310. The van der Waals surface area contributed by atoms with Crippen LogP contribution in [0.2, 0.25) is 0 Å². The normalized spacial score (nSPS) is 10.6. The molecule has 3 heteroatoms. The van der Waals surface area contributed by atoms with E-state index in [4.69, 9.17) is 5.73 Å². The van der Waals surface area contributed by atoms with Crippen molar-refractivity contribution >= 4 is 0 Å². The van der Waals surface area contributed by atoms with Crippen LogP contribution >= 0.6 is 0 Å². The zero-order valence-electron chi connectivity index (χ0n) is 8.32. The molecule has 1 nitrogen and oxygen atoms in total. The maximum Gasteiger partial charge on any atom is 0.129 e. The van der Waals surface area contributed by atoms with Gasteiger partial charge in [0.2, 0.25) is 0 Å². The van der Waals surface area contributed by atoms with E-state index in [0.29, 0.717) is 30.5 Å². The van der Waals surface area contributed by atoms with E-state index in [0.717, 1.165) is 12.5 Å². The SMILES string of the molecule is CCc1cc(CCCN)c(F)cc1F. The Morgan fingerprint density at radius 1 is 1.14 bits per heavy atom. The van der Waals surface area contributed by atoms with Crippen molar-refractivity contribution in [3.8, 4) is 0 Å². The molecule has 0 saturated heterocycles. The van der Waals surface area contributed by atoms with Crippen molar-refractivity contribution in [3.05, 3.63) is 34.9 Å². The summed E-state index contributed by atoms with van der Waals surface area (Å²) < 4.78 is 26.3. The summed E-state index contributed by atoms with van der Waals surface area (Å²) in [7, 11) is 0. The molecule has 0 amide bonds. The highest BCUT2D eigenvalue weighted by atomic mass is 19.1. The van der Waals surface area contributed by atoms with Crippen LogP contribution < -0.4 is 5.73 Å². The van der Waals surface area contributed by atoms with Crippen LogP contribution in [0.1, 0.15) is 24.5 Å². The molecular formula is C11H15F2N. The highest BCUT2D eigenvalue weighted by molar-refractivity contribution is 5.26. The Balaban J connectivity index is 2.92. The Morgan fingerprint density at radius 3 is 2.36 bits per heavy atom. The molecule has 0 spiro atoms. The molecule has 0 radical (unpaired) electrons. The summed E-state index contributed by atoms with van der Waals surface area (Å²) in [4.78, 5) is 0. The lowest BCUT2D eigenvalue weighted by molar-refractivity contribution is 0.561. The van der Waals surface area contributed by atoms with Gasteiger partial charge >= 0.3 is 0 Å². The fraction of sp³-hybridized carbons (Fsp3) is 0.455. The third-order valence-corrected chi connectivity index (χ3v) is 2.25. The van der Waals surface area contributed by atoms with Crippen LogP contribution in [0.25, 0.3) is 0 Å². The van der Waals surface area contributed by atoms with Crippen LogP contribution in [0.5, 0.6) is 0 Å². The minimum absolute atomic E-state index is 0.457. The van der Waals surface area contributed by atoms with Crippen molar-refractivity contribution in [1.82, 2.24) is 0 Å². The maximum atomic E-state index is 13.2. The number of nitrogens with two attached hydrogens (primary N) is 1. The highest BCUT2D eigenvalue weighted by Gasteiger charge is 2.07. The smallest absolute Gasteiger partial charge is 0.129 e. The number of hydrogen-bond acceptors (Lipinski definition) is 1. The molecule has 1 rings (SSSR count). The van der Waals surface area contributed by atoms with Crippen molar-refractivity contribution in [2.24, 2.45) is 5.73 Å². The molecule has 0 aliphatic rings. The Hall–Kier alpha value is -0.960. The van der Waals surface area contributed by atoms with Crippen molar-refractivity contribution in [3.63, 3.8) is 0 Å². The fourth-order valence-electron chi connectivity index (χ4n) is 1.40. The second-order valence-corrected chi connectivity index (χ2v) is 3.28. The van der Waals surface area contributed by atoms with Crippen LogP contribution in [0, 0.1) is 11.6 Å². The Morgan fingerprint density at radius 2 is 1.79 bits per heavy atom. The molecule has 0 aliphatic heterocycles. The third-order valence-electron chi connectivity index (χ3n) is 2.25. The van der Waals surface area contributed by atoms with Crippen LogP contribution in [-0.4, -0.2) is 6.54 Å². The minimum atomic E-state index is -0.465.